The van der Waals surface area contributed by atoms with Crippen LogP contribution in [0.2, 0.25) is 0 Å². The number of ether oxygens (including phenoxy) is 4. The fourth-order valence-corrected chi connectivity index (χ4v) is 13.7. The van der Waals surface area contributed by atoms with Crippen molar-refractivity contribution in [2.75, 3.05) is 39.6 Å². The number of carbonyl (C=O) groups is 4. The molecule has 0 amide bonds. The van der Waals surface area contributed by atoms with Crippen LogP contribution in [0.3, 0.4) is 0 Å². The molecule has 0 aliphatic heterocycles. The number of aliphatic hydroxyl groups excluding tert-OH is 1. The lowest BCUT2D eigenvalue weighted by molar-refractivity contribution is -0.161. The second kappa shape index (κ2) is 71.8. The molecule has 0 rings (SSSR count). The Kier molecular flexibility index (Phi) is 70.0. The number of hydrogen-bond donors (Lipinski definition) is 3. The standard InChI is InChI=1S/C82H156O17P2/c1-8-10-11-12-13-14-15-16-21-26-29-35-44-51-58-65-81(86)98-77(69-92-79(84)63-56-49-42-34-28-25-23-20-18-17-19-22-24-27-33-41-48-55-62-75(7)9-2)71-96-100(88,89)94-67-76(83)68-95-101(90,91)97-72-78(70-93-80(85)64-57-50-43-38-37-40-47-54-61-74(5)6)99-82(87)66-59-52-45-36-31-30-32-39-46-53-60-73(3)4/h14-16,21,73-78,83H,8-13,17-20,22-72H2,1-7H3,(H,88,89)(H,90,91)/b15-14-,21-16-/t75?,76?,77-,78-/m1/s1. The molecule has 0 heterocycles. The van der Waals surface area contributed by atoms with E-state index in [1.165, 1.54) is 199 Å². The van der Waals surface area contributed by atoms with Crippen molar-refractivity contribution in [3.63, 3.8) is 0 Å². The molecule has 17 nitrogen and oxygen atoms in total. The van der Waals surface area contributed by atoms with Gasteiger partial charge in [-0.15, -0.1) is 0 Å². The highest BCUT2D eigenvalue weighted by molar-refractivity contribution is 7.47. The van der Waals surface area contributed by atoms with E-state index in [1.807, 2.05) is 0 Å². The Morgan fingerprint density at radius 2 is 0.584 bits per heavy atom. The highest BCUT2D eigenvalue weighted by Gasteiger charge is 2.30. The highest BCUT2D eigenvalue weighted by Crippen LogP contribution is 2.45. The average Bonchev–Trinajstić information content (AvgIpc) is 1.23. The minimum absolute atomic E-state index is 0.0853. The summed E-state index contributed by atoms with van der Waals surface area (Å²) in [6.45, 7) is 11.9. The van der Waals surface area contributed by atoms with Crippen molar-refractivity contribution in [2.45, 2.75) is 420 Å². The first-order chi connectivity index (χ1) is 48.8. The molecule has 6 atom stereocenters. The number of aliphatic hydroxyl groups is 1. The maximum Gasteiger partial charge on any atom is 0.472 e. The van der Waals surface area contributed by atoms with Gasteiger partial charge in [0.2, 0.25) is 0 Å². The summed E-state index contributed by atoms with van der Waals surface area (Å²) in [6.07, 6.45) is 63.3. The zero-order valence-electron chi connectivity index (χ0n) is 65.9. The zero-order chi connectivity index (χ0) is 74.4. The van der Waals surface area contributed by atoms with Crippen LogP contribution in [-0.4, -0.2) is 96.7 Å². The average molecular weight is 1480 g/mol. The van der Waals surface area contributed by atoms with Crippen molar-refractivity contribution < 1.29 is 80.2 Å². The van der Waals surface area contributed by atoms with Gasteiger partial charge in [0.05, 0.1) is 26.4 Å². The summed E-state index contributed by atoms with van der Waals surface area (Å²) in [7, 11) is -9.93. The van der Waals surface area contributed by atoms with E-state index >= 15 is 0 Å². The lowest BCUT2D eigenvalue weighted by Gasteiger charge is -2.21. The van der Waals surface area contributed by atoms with Crippen LogP contribution in [0.4, 0.5) is 0 Å². The maximum absolute atomic E-state index is 13.1. The number of carbonyl (C=O) groups excluding carboxylic acids is 4. The second-order valence-corrected chi connectivity index (χ2v) is 32.9. The van der Waals surface area contributed by atoms with Crippen LogP contribution in [0, 0.1) is 17.8 Å². The van der Waals surface area contributed by atoms with Crippen molar-refractivity contribution >= 4 is 39.5 Å². The van der Waals surface area contributed by atoms with Gasteiger partial charge < -0.3 is 33.8 Å². The Labute approximate surface area is 618 Å². The molecule has 0 aromatic carbocycles. The molecular weight excluding hydrogens is 1320 g/mol. The molecule has 596 valence electrons. The van der Waals surface area contributed by atoms with Crippen LogP contribution in [0.1, 0.15) is 402 Å². The van der Waals surface area contributed by atoms with Crippen molar-refractivity contribution in [1.82, 2.24) is 0 Å². The van der Waals surface area contributed by atoms with E-state index in [4.69, 9.17) is 37.0 Å². The molecule has 0 aromatic heterocycles. The third kappa shape index (κ3) is 74.2. The number of esters is 4. The summed E-state index contributed by atoms with van der Waals surface area (Å²) < 4.78 is 68.7. The van der Waals surface area contributed by atoms with Gasteiger partial charge >= 0.3 is 39.5 Å². The van der Waals surface area contributed by atoms with Gasteiger partial charge in [0.1, 0.15) is 19.3 Å². The van der Waals surface area contributed by atoms with Crippen LogP contribution in [0.15, 0.2) is 24.3 Å². The minimum Gasteiger partial charge on any atom is -0.462 e. The van der Waals surface area contributed by atoms with E-state index in [2.05, 4.69) is 72.8 Å². The van der Waals surface area contributed by atoms with Crippen LogP contribution < -0.4 is 0 Å². The van der Waals surface area contributed by atoms with Gasteiger partial charge in [0.15, 0.2) is 12.2 Å². The maximum atomic E-state index is 13.1. The van der Waals surface area contributed by atoms with Crippen LogP contribution >= 0.6 is 15.6 Å². The molecule has 101 heavy (non-hydrogen) atoms. The Hall–Kier alpha value is -2.46. The van der Waals surface area contributed by atoms with Crippen LogP contribution in [0.25, 0.3) is 0 Å². The van der Waals surface area contributed by atoms with E-state index in [1.54, 1.807) is 0 Å². The van der Waals surface area contributed by atoms with Gasteiger partial charge in [-0.3, -0.25) is 37.3 Å². The monoisotopic (exact) mass is 1480 g/mol. The SMILES string of the molecule is CCCCCC/C=C\C=C/CCCCCCCC(=O)O[C@H](COC(=O)CCCCCCCCCCCCCCCCCCCCC(C)CC)COP(=O)(O)OCC(O)COP(=O)(O)OC[C@@H](COC(=O)CCCCCCCCCCC(C)C)OC(=O)CCCCCCCCCCCCC(C)C. The molecule has 3 N–H and O–H groups in total. The number of unbranched alkanes of at least 4 members (excludes halogenated alkanes) is 42. The molecule has 0 fully saturated rings. The summed E-state index contributed by atoms with van der Waals surface area (Å²) in [4.78, 5) is 73.0. The molecule has 4 unspecified atom stereocenters. The number of phosphoric acid groups is 2. The molecule has 0 saturated carbocycles. The van der Waals surface area contributed by atoms with Crippen molar-refractivity contribution in [1.29, 1.82) is 0 Å². The first-order valence-electron chi connectivity index (χ1n) is 41.7. The topological polar surface area (TPSA) is 237 Å². The Morgan fingerprint density at radius 3 is 0.881 bits per heavy atom. The van der Waals surface area contributed by atoms with Gasteiger partial charge in [0, 0.05) is 25.7 Å². The van der Waals surface area contributed by atoms with Gasteiger partial charge in [-0.05, 0) is 69.1 Å². The fourth-order valence-electron chi connectivity index (χ4n) is 12.1. The molecule has 0 spiro atoms. The lowest BCUT2D eigenvalue weighted by atomic mass is 9.99. The summed E-state index contributed by atoms with van der Waals surface area (Å²) in [5.41, 5.74) is 0. The summed E-state index contributed by atoms with van der Waals surface area (Å²) in [5.74, 6) is 0.205. The summed E-state index contributed by atoms with van der Waals surface area (Å²) in [6, 6.07) is 0. The molecule has 19 heteroatoms. The third-order valence-electron chi connectivity index (χ3n) is 18.9. The zero-order valence-corrected chi connectivity index (χ0v) is 67.6. The number of hydrogen-bond acceptors (Lipinski definition) is 15. The van der Waals surface area contributed by atoms with Gasteiger partial charge in [-0.25, -0.2) is 9.13 Å². The molecule has 0 aliphatic rings. The molecule has 0 aliphatic carbocycles. The van der Waals surface area contributed by atoms with Gasteiger partial charge in [-0.1, -0.05) is 349 Å². The normalized spacial score (nSPS) is 14.4. The smallest absolute Gasteiger partial charge is 0.462 e. The summed E-state index contributed by atoms with van der Waals surface area (Å²) in [5, 5.41) is 10.6. The van der Waals surface area contributed by atoms with E-state index in [0.717, 1.165) is 120 Å². The predicted octanol–water partition coefficient (Wildman–Crippen LogP) is 24.1. The minimum atomic E-state index is -4.97. The molecule has 0 bridgehead atoms. The Bertz CT molecular complexity index is 2050. The molecule has 0 aromatic rings. The number of phosphoric ester groups is 2. The van der Waals surface area contributed by atoms with E-state index in [-0.39, 0.29) is 25.7 Å². The first kappa shape index (κ1) is 98.5. The third-order valence-corrected chi connectivity index (χ3v) is 20.8. The molecule has 0 radical (unpaired) electrons. The Morgan fingerprint density at radius 1 is 0.327 bits per heavy atom. The lowest BCUT2D eigenvalue weighted by Crippen LogP contribution is -2.30. The molecular formula is C82H156O17P2. The van der Waals surface area contributed by atoms with Crippen molar-refractivity contribution in [3.8, 4) is 0 Å². The van der Waals surface area contributed by atoms with E-state index in [0.29, 0.717) is 25.7 Å². The molecule has 0 saturated heterocycles. The first-order valence-corrected chi connectivity index (χ1v) is 44.7. The quantitative estimate of drug-likeness (QED) is 0.0169. The largest absolute Gasteiger partial charge is 0.472 e. The Balaban J connectivity index is 5.24. The van der Waals surface area contributed by atoms with Gasteiger partial charge in [0.25, 0.3) is 0 Å². The summed E-state index contributed by atoms with van der Waals surface area (Å²) >= 11 is 0. The van der Waals surface area contributed by atoms with Crippen molar-refractivity contribution in [2.24, 2.45) is 17.8 Å². The van der Waals surface area contributed by atoms with Crippen molar-refractivity contribution in [3.05, 3.63) is 24.3 Å². The number of rotatable bonds is 78. The fraction of sp³-hybridized carbons (Fsp3) is 0.902. The van der Waals surface area contributed by atoms with Crippen LogP contribution in [-0.2, 0) is 65.4 Å². The number of allylic oxidation sites excluding steroid dienone is 4. The van der Waals surface area contributed by atoms with E-state index in [9.17, 15) is 43.2 Å². The van der Waals surface area contributed by atoms with Gasteiger partial charge in [-0.2, -0.15) is 0 Å². The van der Waals surface area contributed by atoms with Crippen LogP contribution in [0.5, 0.6) is 0 Å². The van der Waals surface area contributed by atoms with E-state index < -0.39 is 97.5 Å². The second-order valence-electron chi connectivity index (χ2n) is 30.0. The predicted molar refractivity (Wildman–Crippen MR) is 414 cm³/mol. The highest BCUT2D eigenvalue weighted by atomic mass is 31.2.